The highest BCUT2D eigenvalue weighted by Crippen LogP contribution is 2.31. The average Bonchev–Trinajstić information content (AvgIpc) is 2.56. The highest BCUT2D eigenvalue weighted by molar-refractivity contribution is 6.29. The van der Waals surface area contributed by atoms with Crippen molar-refractivity contribution in [1.29, 1.82) is 0 Å². The fraction of sp³-hybridized carbons (Fsp3) is 0.706. The van der Waals surface area contributed by atoms with Gasteiger partial charge in [0.15, 0.2) is 0 Å². The second kappa shape index (κ2) is 8.33. The van der Waals surface area contributed by atoms with Gasteiger partial charge in [0.2, 0.25) is 0 Å². The van der Waals surface area contributed by atoms with Gasteiger partial charge in [-0.1, -0.05) is 13.3 Å². The molecule has 140 valence electrons. The largest absolute Gasteiger partial charge is 0.385 e. The van der Waals surface area contributed by atoms with E-state index in [9.17, 15) is 14.4 Å². The van der Waals surface area contributed by atoms with Crippen LogP contribution in [0.25, 0.3) is 0 Å². The number of hydrogen-bond acceptors (Lipinski definition) is 6. The first-order chi connectivity index (χ1) is 11.9. The van der Waals surface area contributed by atoms with Crippen LogP contribution in [0.2, 0.25) is 0 Å². The minimum Gasteiger partial charge on any atom is -0.385 e. The summed E-state index contributed by atoms with van der Waals surface area (Å²) in [5.41, 5.74) is 10.9. The fourth-order valence-electron chi connectivity index (χ4n) is 3.63. The van der Waals surface area contributed by atoms with E-state index < -0.39 is 17.8 Å². The first-order valence-corrected chi connectivity index (χ1v) is 9.01. The predicted molar refractivity (Wildman–Crippen MR) is 93.9 cm³/mol. The van der Waals surface area contributed by atoms with E-state index in [0.29, 0.717) is 12.3 Å². The topological polar surface area (TPSA) is 122 Å². The molecule has 1 saturated carbocycles. The van der Waals surface area contributed by atoms with Crippen molar-refractivity contribution in [2.75, 3.05) is 20.1 Å². The van der Waals surface area contributed by atoms with Gasteiger partial charge in [-0.3, -0.25) is 19.4 Å². The van der Waals surface area contributed by atoms with Crippen molar-refractivity contribution in [3.05, 3.63) is 11.4 Å². The molecule has 25 heavy (non-hydrogen) atoms. The average molecular weight is 351 g/mol. The van der Waals surface area contributed by atoms with Gasteiger partial charge in [0.25, 0.3) is 11.8 Å². The fourth-order valence-corrected chi connectivity index (χ4v) is 3.63. The molecule has 0 aromatic heterocycles. The Labute approximate surface area is 148 Å². The molecule has 8 nitrogen and oxygen atoms in total. The maximum Gasteiger partial charge on any atom is 0.334 e. The molecule has 5 N–H and O–H groups in total. The summed E-state index contributed by atoms with van der Waals surface area (Å²) in [6.45, 7) is 3.17. The van der Waals surface area contributed by atoms with Crippen LogP contribution >= 0.6 is 0 Å². The Bertz CT molecular complexity index is 563. The molecule has 0 bridgehead atoms. The minimum atomic E-state index is -0.677. The zero-order chi connectivity index (χ0) is 18.6. The number of unbranched alkanes of at least 4 members (excludes halogenated alkanes) is 1. The van der Waals surface area contributed by atoms with Gasteiger partial charge in [0.05, 0.1) is 0 Å². The summed E-state index contributed by atoms with van der Waals surface area (Å²) in [6.07, 6.45) is 4.84. The molecule has 2 rings (SSSR count). The molecule has 0 aromatic carbocycles. The Morgan fingerprint density at radius 2 is 1.76 bits per heavy atom. The lowest BCUT2D eigenvalue weighted by atomic mass is 9.85. The molecule has 1 heterocycles. The molecule has 2 fully saturated rings. The number of urea groups is 1. The van der Waals surface area contributed by atoms with Crippen molar-refractivity contribution in [1.82, 2.24) is 15.1 Å². The monoisotopic (exact) mass is 351 g/mol. The van der Waals surface area contributed by atoms with E-state index >= 15 is 0 Å². The summed E-state index contributed by atoms with van der Waals surface area (Å²) in [5, 5.41) is 3.17. The SMILES string of the molecule is CCCCN1C(=O)C(=C(N)N)C(=O)N(C2CCC(CNC)CC2)C1=O. The number of nitrogens with zero attached hydrogens (tertiary/aromatic N) is 2. The smallest absolute Gasteiger partial charge is 0.334 e. The van der Waals surface area contributed by atoms with Crippen LogP contribution in [0.3, 0.4) is 0 Å². The Balaban J connectivity index is 2.23. The lowest BCUT2D eigenvalue weighted by molar-refractivity contribution is -0.138. The molecule has 0 atom stereocenters. The van der Waals surface area contributed by atoms with Crippen LogP contribution in [-0.2, 0) is 9.59 Å². The van der Waals surface area contributed by atoms with Crippen LogP contribution in [-0.4, -0.2) is 53.8 Å². The standard InChI is InChI=1S/C17H29N5O3/c1-3-4-9-21-15(23)13(14(18)19)16(24)22(17(21)25)12-7-5-11(6-8-12)10-20-2/h11-12,20H,3-10,18-19H2,1-2H3. The van der Waals surface area contributed by atoms with Gasteiger partial charge in [0.1, 0.15) is 11.4 Å². The second-order valence-electron chi connectivity index (χ2n) is 6.83. The quantitative estimate of drug-likeness (QED) is 0.473. The van der Waals surface area contributed by atoms with E-state index in [4.69, 9.17) is 11.5 Å². The first kappa shape index (κ1) is 19.2. The van der Waals surface area contributed by atoms with E-state index in [1.807, 2.05) is 14.0 Å². The van der Waals surface area contributed by atoms with E-state index in [1.165, 1.54) is 4.90 Å². The number of nitrogens with one attached hydrogen (secondary N) is 1. The van der Waals surface area contributed by atoms with Crippen molar-refractivity contribution >= 4 is 17.8 Å². The number of amides is 4. The summed E-state index contributed by atoms with van der Waals surface area (Å²) < 4.78 is 0. The van der Waals surface area contributed by atoms with Crippen molar-refractivity contribution in [3.8, 4) is 0 Å². The molecule has 1 aliphatic heterocycles. The molecule has 1 aliphatic carbocycles. The van der Waals surface area contributed by atoms with Crippen LogP contribution in [0.1, 0.15) is 45.4 Å². The number of rotatable bonds is 6. The molecule has 2 aliphatic rings. The third-order valence-corrected chi connectivity index (χ3v) is 5.03. The van der Waals surface area contributed by atoms with Gasteiger partial charge in [-0.25, -0.2) is 4.79 Å². The van der Waals surface area contributed by atoms with E-state index in [-0.39, 0.29) is 24.0 Å². The highest BCUT2D eigenvalue weighted by atomic mass is 16.2. The number of carbonyl (C=O) groups is 3. The molecule has 1 saturated heterocycles. The molecule has 0 aromatic rings. The molecule has 4 amide bonds. The van der Waals surface area contributed by atoms with Gasteiger partial charge in [-0.05, 0) is 51.6 Å². The number of imide groups is 2. The molecule has 8 heteroatoms. The lowest BCUT2D eigenvalue weighted by Crippen LogP contribution is -2.60. The zero-order valence-corrected chi connectivity index (χ0v) is 15.1. The normalized spacial score (nSPS) is 24.9. The predicted octanol–water partition coefficient (Wildman–Crippen LogP) is 0.485. The summed E-state index contributed by atoms with van der Waals surface area (Å²) in [7, 11) is 1.92. The maximum atomic E-state index is 12.8. The Kier molecular flexibility index (Phi) is 6.41. The van der Waals surface area contributed by atoms with Gasteiger partial charge in [-0.2, -0.15) is 0 Å². The number of hydrogen-bond donors (Lipinski definition) is 3. The van der Waals surface area contributed by atoms with Crippen LogP contribution in [0, 0.1) is 5.92 Å². The van der Waals surface area contributed by atoms with Crippen LogP contribution in [0.15, 0.2) is 11.4 Å². The minimum absolute atomic E-state index is 0.209. The van der Waals surface area contributed by atoms with Gasteiger partial charge in [-0.15, -0.1) is 0 Å². The van der Waals surface area contributed by atoms with Crippen LogP contribution in [0.4, 0.5) is 4.79 Å². The Morgan fingerprint density at radius 3 is 2.28 bits per heavy atom. The lowest BCUT2D eigenvalue weighted by Gasteiger charge is -2.41. The third kappa shape index (κ3) is 3.95. The van der Waals surface area contributed by atoms with Gasteiger partial charge in [0, 0.05) is 12.6 Å². The third-order valence-electron chi connectivity index (χ3n) is 5.03. The van der Waals surface area contributed by atoms with Crippen LogP contribution < -0.4 is 16.8 Å². The van der Waals surface area contributed by atoms with Crippen molar-refractivity contribution in [2.24, 2.45) is 17.4 Å². The molecular weight excluding hydrogens is 322 g/mol. The summed E-state index contributed by atoms with van der Waals surface area (Å²) >= 11 is 0. The van der Waals surface area contributed by atoms with Gasteiger partial charge >= 0.3 is 6.03 Å². The van der Waals surface area contributed by atoms with Crippen molar-refractivity contribution in [3.63, 3.8) is 0 Å². The Hall–Kier alpha value is -2.09. The second-order valence-corrected chi connectivity index (χ2v) is 6.83. The molecule has 0 spiro atoms. The molecule has 0 unspecified atom stereocenters. The summed E-state index contributed by atoms with van der Waals surface area (Å²) in [6, 6.07) is -0.745. The highest BCUT2D eigenvalue weighted by Gasteiger charge is 2.46. The van der Waals surface area contributed by atoms with E-state index in [2.05, 4.69) is 5.32 Å². The zero-order valence-electron chi connectivity index (χ0n) is 15.1. The van der Waals surface area contributed by atoms with Crippen LogP contribution in [0.5, 0.6) is 0 Å². The molecular formula is C17H29N5O3. The van der Waals surface area contributed by atoms with E-state index in [0.717, 1.165) is 43.5 Å². The van der Waals surface area contributed by atoms with Crippen molar-refractivity contribution < 1.29 is 14.4 Å². The number of barbiturate groups is 1. The Morgan fingerprint density at radius 1 is 1.12 bits per heavy atom. The number of nitrogens with two attached hydrogens (primary N) is 2. The molecule has 0 radical (unpaired) electrons. The first-order valence-electron chi connectivity index (χ1n) is 9.01. The summed E-state index contributed by atoms with van der Waals surface area (Å²) in [4.78, 5) is 40.4. The van der Waals surface area contributed by atoms with Gasteiger partial charge < -0.3 is 16.8 Å². The van der Waals surface area contributed by atoms with Crippen molar-refractivity contribution in [2.45, 2.75) is 51.5 Å². The number of carbonyl (C=O) groups excluding carboxylic acids is 3. The maximum absolute atomic E-state index is 12.8. The van der Waals surface area contributed by atoms with E-state index in [1.54, 1.807) is 0 Å². The summed E-state index contributed by atoms with van der Waals surface area (Å²) in [5.74, 6) is -1.11.